The lowest BCUT2D eigenvalue weighted by Crippen LogP contribution is -2.35. The molecule has 57 heavy (non-hydrogen) atoms. The summed E-state index contributed by atoms with van der Waals surface area (Å²) in [4.78, 5) is 85.5. The molecule has 1 saturated carbocycles. The van der Waals surface area contributed by atoms with Gasteiger partial charge in [0.2, 0.25) is 0 Å². The van der Waals surface area contributed by atoms with Gasteiger partial charge < -0.3 is 28.9 Å². The van der Waals surface area contributed by atoms with Gasteiger partial charge in [0.05, 0.1) is 58.6 Å². The zero-order valence-electron chi connectivity index (χ0n) is 30.9. The van der Waals surface area contributed by atoms with Gasteiger partial charge in [0, 0.05) is 41.8 Å². The zero-order valence-corrected chi connectivity index (χ0v) is 35.7. The molecule has 4 rings (SSSR count). The highest BCUT2D eigenvalue weighted by Crippen LogP contribution is 2.34. The number of halogens is 3. The van der Waals surface area contributed by atoms with Crippen LogP contribution in [0, 0.1) is 16.0 Å². The molecule has 0 aliphatic heterocycles. The number of nitrogens with zero attached hydrogens (tertiary/aromatic N) is 1. The van der Waals surface area contributed by atoms with Crippen molar-refractivity contribution in [2.24, 2.45) is 5.92 Å². The standard InChI is InChI=1S/C14H9Cl2NO5.C14H13ClO5S.C3H8NO5P.C3H9S/c1-21-14(18)10-7-9(3-4-12(10)17(19)20)22-13-5-2-8(15)6-11(13)16;1-21(19,20)8-5-6-9(10(15)7-8)14(18)13-11(16)3-2-4-12(13)17;5-3(6)1-4-2-10(7,8)9;1-4(2)3/h2-7H,1H3;5-7,13H,2-4H2,1H3;4H,1-2H2,(H,5,6)(H2,7,8,9);1-3H3/q;;;+1/p-1. The smallest absolute Gasteiger partial charge is 0.345 e. The van der Waals surface area contributed by atoms with Gasteiger partial charge in [-0.3, -0.25) is 34.6 Å². The normalized spacial score (nSPS) is 13.7. The van der Waals surface area contributed by atoms with Crippen molar-refractivity contribution in [3.05, 3.63) is 90.9 Å². The molecule has 1 atom stereocenters. The van der Waals surface area contributed by atoms with Crippen LogP contribution in [0.4, 0.5) is 5.69 Å². The average molecular weight is 916 g/mol. The predicted molar refractivity (Wildman–Crippen MR) is 213 cm³/mol. The Hall–Kier alpha value is -3.91. The van der Waals surface area contributed by atoms with Gasteiger partial charge in [-0.25, -0.2) is 13.2 Å². The minimum Gasteiger partial charge on any atom is -0.778 e. The van der Waals surface area contributed by atoms with Crippen LogP contribution in [0.5, 0.6) is 11.5 Å². The molecular weight excluding hydrogens is 878 g/mol. The van der Waals surface area contributed by atoms with Crippen molar-refractivity contribution in [1.29, 1.82) is 0 Å². The molecule has 3 aromatic rings. The number of methoxy groups -OCH3 is 1. The van der Waals surface area contributed by atoms with E-state index in [2.05, 4.69) is 23.5 Å². The lowest BCUT2D eigenvalue weighted by Gasteiger charge is -2.18. The number of nitro groups is 1. The quantitative estimate of drug-likeness (QED) is 0.0434. The summed E-state index contributed by atoms with van der Waals surface area (Å²) in [5, 5.41) is 21.5. The monoisotopic (exact) mass is 914 g/mol. The number of carbonyl (C=O) groups excluding carboxylic acids is 4. The highest BCUT2D eigenvalue weighted by atomic mass is 35.5. The van der Waals surface area contributed by atoms with Gasteiger partial charge in [-0.2, -0.15) is 0 Å². The molecule has 0 bridgehead atoms. The van der Waals surface area contributed by atoms with Crippen LogP contribution in [0.3, 0.4) is 0 Å². The third kappa shape index (κ3) is 18.5. The van der Waals surface area contributed by atoms with Crippen LogP contribution in [0.15, 0.2) is 59.5 Å². The Bertz CT molecular complexity index is 2110. The molecule has 3 aromatic carbocycles. The molecule has 0 aromatic heterocycles. The van der Waals surface area contributed by atoms with Gasteiger partial charge >= 0.3 is 11.9 Å². The maximum absolute atomic E-state index is 12.3. The summed E-state index contributed by atoms with van der Waals surface area (Å²) in [7, 11) is -6.02. The zero-order chi connectivity index (χ0) is 43.8. The van der Waals surface area contributed by atoms with Crippen LogP contribution in [-0.4, -0.2) is 97.6 Å². The number of ketones is 3. The third-order valence-corrected chi connectivity index (χ3v) is 9.24. The van der Waals surface area contributed by atoms with Gasteiger partial charge in [-0.15, -0.1) is 0 Å². The van der Waals surface area contributed by atoms with E-state index in [9.17, 15) is 52.0 Å². The fraction of sp³-hybridized carbons (Fsp3) is 0.324. The maximum atomic E-state index is 12.3. The van der Waals surface area contributed by atoms with Crippen molar-refractivity contribution < 1.29 is 66.2 Å². The van der Waals surface area contributed by atoms with E-state index in [0.29, 0.717) is 28.1 Å². The van der Waals surface area contributed by atoms with Gasteiger partial charge in [0.25, 0.3) is 5.69 Å². The molecule has 23 heteroatoms. The molecule has 3 N–H and O–H groups in total. The van der Waals surface area contributed by atoms with E-state index in [4.69, 9.17) is 49.5 Å². The molecule has 1 aliphatic rings. The summed E-state index contributed by atoms with van der Waals surface area (Å²) in [5.74, 6) is -4.27. The molecule has 0 amide bonds. The van der Waals surface area contributed by atoms with E-state index >= 15 is 0 Å². The van der Waals surface area contributed by atoms with E-state index < -0.39 is 70.4 Å². The van der Waals surface area contributed by atoms with Gasteiger partial charge in [0.15, 0.2) is 27.2 Å². The second kappa shape index (κ2) is 23.5. The number of rotatable bonds is 11. The number of carboxylic acid groups (broad SMARTS) is 1. The fourth-order valence-electron chi connectivity index (χ4n) is 4.28. The molecule has 1 unspecified atom stereocenters. The highest BCUT2D eigenvalue weighted by molar-refractivity contribution is 7.94. The summed E-state index contributed by atoms with van der Waals surface area (Å²) < 4.78 is 42.8. The highest BCUT2D eigenvalue weighted by Gasteiger charge is 2.37. The second-order valence-electron chi connectivity index (χ2n) is 11.9. The van der Waals surface area contributed by atoms with Crippen molar-refractivity contribution in [1.82, 2.24) is 5.32 Å². The number of carboxylic acids is 1. The summed E-state index contributed by atoms with van der Waals surface area (Å²) >= 11 is 17.7. The Morgan fingerprint density at radius 3 is 2.00 bits per heavy atom. The van der Waals surface area contributed by atoms with Gasteiger partial charge in [-0.1, -0.05) is 34.8 Å². The van der Waals surface area contributed by atoms with E-state index in [1.807, 2.05) is 5.32 Å². The van der Waals surface area contributed by atoms with E-state index in [1.165, 1.54) is 30.3 Å². The molecule has 1 aliphatic carbocycles. The lowest BCUT2D eigenvalue weighted by atomic mass is 9.82. The summed E-state index contributed by atoms with van der Waals surface area (Å²) in [6, 6.07) is 12.0. The molecule has 0 spiro atoms. The number of carbonyl (C=O) groups is 5. The minimum absolute atomic E-state index is 0.00216. The number of aliphatic carboxylic acids is 1. The first-order chi connectivity index (χ1) is 26.3. The van der Waals surface area contributed by atoms with Gasteiger partial charge in [0.1, 0.15) is 30.6 Å². The average Bonchev–Trinajstić information content (AvgIpc) is 3.08. The maximum Gasteiger partial charge on any atom is 0.345 e. The topological polar surface area (TPSA) is 274 Å². The Balaban J connectivity index is 0.000000432. The molecule has 0 saturated heterocycles. The molecule has 0 radical (unpaired) electrons. The summed E-state index contributed by atoms with van der Waals surface area (Å²) in [5.41, 5.74) is -0.589. The Labute approximate surface area is 345 Å². The Morgan fingerprint density at radius 1 is 0.965 bits per heavy atom. The number of nitrogens with one attached hydrogen (secondary N) is 1. The number of sulfone groups is 1. The molecular formula is C34H38Cl3N2O15PS2. The summed E-state index contributed by atoms with van der Waals surface area (Å²) in [6.45, 7) is -0.479. The molecule has 0 heterocycles. The summed E-state index contributed by atoms with van der Waals surface area (Å²) in [6.07, 6.45) is 7.75. The first kappa shape index (κ1) is 51.1. The van der Waals surface area contributed by atoms with Crippen LogP contribution in [0.1, 0.15) is 40.0 Å². The SMILES string of the molecule is COC(=O)c1cc(Oc2ccc(Cl)cc2Cl)ccc1[N+](=O)[O-].CS(=O)(=O)c1ccc(C(=O)C2C(=O)CCCC2=O)c(Cl)c1.C[S+](C)C.O=C(O)CNCP(=O)([O-])O. The lowest BCUT2D eigenvalue weighted by molar-refractivity contribution is -0.385. The fourth-order valence-corrected chi connectivity index (χ4v) is 6.11. The van der Waals surface area contributed by atoms with Crippen molar-refractivity contribution in [2.45, 2.75) is 24.2 Å². The van der Waals surface area contributed by atoms with E-state index in [0.717, 1.165) is 25.5 Å². The second-order valence-corrected chi connectivity index (χ2v) is 19.2. The Morgan fingerprint density at radius 2 is 1.54 bits per heavy atom. The number of esters is 1. The van der Waals surface area contributed by atoms with Crippen molar-refractivity contribution in [3.8, 4) is 11.5 Å². The van der Waals surface area contributed by atoms with Crippen LogP contribution >= 0.6 is 42.4 Å². The largest absolute Gasteiger partial charge is 0.778 e. The van der Waals surface area contributed by atoms with Crippen LogP contribution in [0.25, 0.3) is 0 Å². The minimum atomic E-state index is -4.35. The Kier molecular flexibility index (Phi) is 21.1. The third-order valence-electron chi connectivity index (χ3n) is 6.67. The number of Topliss-reactive ketones (excluding diaryl/α,β-unsaturated/α-hetero) is 3. The first-order valence-corrected chi connectivity index (χ1v) is 23.1. The first-order valence-electron chi connectivity index (χ1n) is 15.8. The van der Waals surface area contributed by atoms with Crippen molar-refractivity contribution in [3.63, 3.8) is 0 Å². The number of hydrogen-bond donors (Lipinski definition) is 3. The van der Waals surface area contributed by atoms with Crippen molar-refractivity contribution >= 4 is 98.1 Å². The molecule has 17 nitrogen and oxygen atoms in total. The van der Waals surface area contributed by atoms with Crippen molar-refractivity contribution in [2.75, 3.05) is 45.0 Å². The number of ether oxygens (including phenoxy) is 2. The molecule has 312 valence electrons. The number of hydrogen-bond acceptors (Lipinski definition) is 14. The van der Waals surface area contributed by atoms with Crippen LogP contribution < -0.4 is 14.9 Å². The predicted octanol–water partition coefficient (Wildman–Crippen LogP) is 5.00. The van der Waals surface area contributed by atoms with Gasteiger partial charge in [-0.05, 0) is 59.8 Å². The number of benzene rings is 3. The number of nitro benzene ring substituents is 1. The van der Waals surface area contributed by atoms with E-state index in [1.54, 1.807) is 12.1 Å². The van der Waals surface area contributed by atoms with Crippen LogP contribution in [0.2, 0.25) is 15.1 Å². The van der Waals surface area contributed by atoms with Crippen LogP contribution in [-0.2, 0) is 44.4 Å². The van der Waals surface area contributed by atoms with E-state index in [-0.39, 0.29) is 50.3 Å². The molecule has 1 fully saturated rings.